The van der Waals surface area contributed by atoms with Crippen LogP contribution in [0.1, 0.15) is 19.5 Å². The van der Waals surface area contributed by atoms with Gasteiger partial charge in [0.25, 0.3) is 0 Å². The Morgan fingerprint density at radius 2 is 1.89 bits per heavy atom. The van der Waals surface area contributed by atoms with Crippen molar-refractivity contribution >= 4 is 5.95 Å². The second-order valence-electron chi connectivity index (χ2n) is 5.81. The van der Waals surface area contributed by atoms with Crippen molar-refractivity contribution in [3.8, 4) is 0 Å². The van der Waals surface area contributed by atoms with E-state index in [1.807, 2.05) is 25.2 Å². The Labute approximate surface area is 111 Å². The molecule has 0 aliphatic heterocycles. The standard InChI is InChI=1S/C13H27N5/c1-13(2,17(5)6)10-14-8-11-9-15-12(16(3)4)18(11)7/h9,14H,8,10H2,1-7H3. The molecular weight excluding hydrogens is 226 g/mol. The number of nitrogens with one attached hydrogen (secondary N) is 1. The van der Waals surface area contributed by atoms with Gasteiger partial charge in [-0.05, 0) is 27.9 Å². The lowest BCUT2D eigenvalue weighted by atomic mass is 10.0. The van der Waals surface area contributed by atoms with E-state index < -0.39 is 0 Å². The Hall–Kier alpha value is -1.07. The molecule has 104 valence electrons. The highest BCUT2D eigenvalue weighted by Crippen LogP contribution is 2.12. The molecule has 0 saturated heterocycles. The first-order chi connectivity index (χ1) is 8.25. The average Bonchev–Trinajstić information content (AvgIpc) is 2.60. The van der Waals surface area contributed by atoms with Gasteiger partial charge in [0.1, 0.15) is 0 Å². The number of nitrogens with zero attached hydrogens (tertiary/aromatic N) is 4. The summed E-state index contributed by atoms with van der Waals surface area (Å²) in [6.07, 6.45) is 1.94. The minimum Gasteiger partial charge on any atom is -0.348 e. The van der Waals surface area contributed by atoms with Crippen LogP contribution in [0.4, 0.5) is 5.95 Å². The van der Waals surface area contributed by atoms with Gasteiger partial charge in [-0.1, -0.05) is 0 Å². The first-order valence-corrected chi connectivity index (χ1v) is 6.32. The summed E-state index contributed by atoms with van der Waals surface area (Å²) in [5.74, 6) is 0.985. The minimum absolute atomic E-state index is 0.156. The number of likely N-dealkylation sites (N-methyl/N-ethyl adjacent to an activating group) is 1. The predicted octanol–water partition coefficient (Wildman–Crippen LogP) is 0.916. The van der Waals surface area contributed by atoms with Crippen molar-refractivity contribution in [1.29, 1.82) is 0 Å². The maximum atomic E-state index is 4.40. The monoisotopic (exact) mass is 253 g/mol. The van der Waals surface area contributed by atoms with Gasteiger partial charge in [0, 0.05) is 39.8 Å². The van der Waals surface area contributed by atoms with Crippen molar-refractivity contribution < 1.29 is 0 Å². The van der Waals surface area contributed by atoms with Crippen LogP contribution in [-0.4, -0.2) is 54.7 Å². The minimum atomic E-state index is 0.156. The molecule has 1 N–H and O–H groups in total. The summed E-state index contributed by atoms with van der Waals surface area (Å²) < 4.78 is 2.12. The molecule has 0 unspecified atom stereocenters. The fourth-order valence-electron chi connectivity index (χ4n) is 1.67. The fourth-order valence-corrected chi connectivity index (χ4v) is 1.67. The van der Waals surface area contributed by atoms with Gasteiger partial charge in [-0.25, -0.2) is 4.98 Å². The van der Waals surface area contributed by atoms with Crippen molar-refractivity contribution in [2.24, 2.45) is 7.05 Å². The summed E-state index contributed by atoms with van der Waals surface area (Å²) >= 11 is 0. The molecule has 1 aromatic heterocycles. The van der Waals surface area contributed by atoms with Crippen molar-refractivity contribution in [3.63, 3.8) is 0 Å². The van der Waals surface area contributed by atoms with Crippen LogP contribution >= 0.6 is 0 Å². The summed E-state index contributed by atoms with van der Waals surface area (Å²) in [7, 11) is 10.3. The normalized spacial score (nSPS) is 12.2. The molecule has 1 heterocycles. The molecule has 5 nitrogen and oxygen atoms in total. The molecule has 1 rings (SSSR count). The Morgan fingerprint density at radius 3 is 2.33 bits per heavy atom. The quantitative estimate of drug-likeness (QED) is 0.818. The van der Waals surface area contributed by atoms with Crippen LogP contribution in [-0.2, 0) is 13.6 Å². The van der Waals surface area contributed by atoms with E-state index in [4.69, 9.17) is 0 Å². The predicted molar refractivity (Wildman–Crippen MR) is 77.0 cm³/mol. The zero-order valence-electron chi connectivity index (χ0n) is 12.8. The number of anilines is 1. The van der Waals surface area contributed by atoms with Crippen LogP contribution in [0, 0.1) is 0 Å². The molecule has 0 spiro atoms. The van der Waals surface area contributed by atoms with Crippen LogP contribution < -0.4 is 10.2 Å². The van der Waals surface area contributed by atoms with Crippen molar-refractivity contribution in [1.82, 2.24) is 19.8 Å². The summed E-state index contributed by atoms with van der Waals surface area (Å²) in [5.41, 5.74) is 1.36. The van der Waals surface area contributed by atoms with Gasteiger partial charge < -0.3 is 19.7 Å². The summed E-state index contributed by atoms with van der Waals surface area (Å²) in [6.45, 7) is 6.25. The van der Waals surface area contributed by atoms with Crippen LogP contribution in [0.5, 0.6) is 0 Å². The molecule has 0 aliphatic rings. The van der Waals surface area contributed by atoms with Crippen LogP contribution in [0.25, 0.3) is 0 Å². The lowest BCUT2D eigenvalue weighted by Crippen LogP contribution is -2.46. The van der Waals surface area contributed by atoms with E-state index in [-0.39, 0.29) is 5.54 Å². The van der Waals surface area contributed by atoms with Gasteiger partial charge in [0.15, 0.2) is 0 Å². The SMILES string of the molecule is CN(C)c1ncc(CNCC(C)(C)N(C)C)n1C. The first-order valence-electron chi connectivity index (χ1n) is 6.32. The lowest BCUT2D eigenvalue weighted by Gasteiger charge is -2.32. The number of rotatable bonds is 6. The number of hydrogen-bond donors (Lipinski definition) is 1. The van der Waals surface area contributed by atoms with Gasteiger partial charge in [0.2, 0.25) is 5.95 Å². The Bertz CT molecular complexity index is 379. The Kier molecular flexibility index (Phi) is 4.76. The molecule has 0 radical (unpaired) electrons. The second-order valence-corrected chi connectivity index (χ2v) is 5.81. The molecular formula is C13H27N5. The summed E-state index contributed by atoms with van der Waals surface area (Å²) in [6, 6.07) is 0. The average molecular weight is 253 g/mol. The van der Waals surface area contributed by atoms with E-state index in [1.165, 1.54) is 5.69 Å². The van der Waals surface area contributed by atoms with Crippen molar-refractivity contribution in [2.75, 3.05) is 39.6 Å². The third-order valence-corrected chi connectivity index (χ3v) is 3.53. The fraction of sp³-hybridized carbons (Fsp3) is 0.769. The van der Waals surface area contributed by atoms with Crippen molar-refractivity contribution in [2.45, 2.75) is 25.9 Å². The molecule has 1 aromatic rings. The van der Waals surface area contributed by atoms with Crippen LogP contribution in [0.3, 0.4) is 0 Å². The topological polar surface area (TPSA) is 36.3 Å². The largest absolute Gasteiger partial charge is 0.348 e. The molecule has 0 aromatic carbocycles. The Balaban J connectivity index is 2.55. The molecule has 0 amide bonds. The molecule has 5 heteroatoms. The third kappa shape index (κ3) is 3.46. The van der Waals surface area contributed by atoms with E-state index in [0.717, 1.165) is 19.0 Å². The van der Waals surface area contributed by atoms with Gasteiger partial charge in [0.05, 0.1) is 11.9 Å². The van der Waals surface area contributed by atoms with E-state index in [9.17, 15) is 0 Å². The maximum Gasteiger partial charge on any atom is 0.204 e. The zero-order valence-corrected chi connectivity index (χ0v) is 12.8. The zero-order chi connectivity index (χ0) is 13.9. The highest BCUT2D eigenvalue weighted by Gasteiger charge is 2.19. The second kappa shape index (κ2) is 5.71. The van der Waals surface area contributed by atoms with E-state index in [2.05, 4.69) is 54.8 Å². The number of imidazole rings is 1. The van der Waals surface area contributed by atoms with E-state index in [0.29, 0.717) is 0 Å². The van der Waals surface area contributed by atoms with Gasteiger partial charge in [-0.15, -0.1) is 0 Å². The highest BCUT2D eigenvalue weighted by atomic mass is 15.3. The molecule has 0 fully saturated rings. The molecule has 0 atom stereocenters. The third-order valence-electron chi connectivity index (χ3n) is 3.53. The molecule has 0 bridgehead atoms. The molecule has 0 aliphatic carbocycles. The van der Waals surface area contributed by atoms with Crippen LogP contribution in [0.2, 0.25) is 0 Å². The van der Waals surface area contributed by atoms with Gasteiger partial charge in [-0.3, -0.25) is 0 Å². The summed E-state index contributed by atoms with van der Waals surface area (Å²) in [4.78, 5) is 8.66. The highest BCUT2D eigenvalue weighted by molar-refractivity contribution is 5.30. The first kappa shape index (κ1) is 15.0. The number of hydrogen-bond acceptors (Lipinski definition) is 4. The smallest absolute Gasteiger partial charge is 0.204 e. The van der Waals surface area contributed by atoms with E-state index in [1.54, 1.807) is 0 Å². The lowest BCUT2D eigenvalue weighted by molar-refractivity contribution is 0.189. The van der Waals surface area contributed by atoms with Crippen molar-refractivity contribution in [3.05, 3.63) is 11.9 Å². The molecule has 18 heavy (non-hydrogen) atoms. The van der Waals surface area contributed by atoms with Crippen LogP contribution in [0.15, 0.2) is 6.20 Å². The molecule has 0 saturated carbocycles. The maximum absolute atomic E-state index is 4.40. The summed E-state index contributed by atoms with van der Waals surface area (Å²) in [5, 5.41) is 3.50. The van der Waals surface area contributed by atoms with Gasteiger partial charge >= 0.3 is 0 Å². The number of aromatic nitrogens is 2. The Morgan fingerprint density at radius 1 is 1.28 bits per heavy atom. The van der Waals surface area contributed by atoms with E-state index >= 15 is 0 Å². The van der Waals surface area contributed by atoms with Gasteiger partial charge in [-0.2, -0.15) is 0 Å².